The molecule has 0 aliphatic carbocycles. The van der Waals surface area contributed by atoms with Gasteiger partial charge in [-0.15, -0.1) is 0 Å². The van der Waals surface area contributed by atoms with Gasteiger partial charge in [0.25, 0.3) is 0 Å². The Labute approximate surface area is 157 Å². The van der Waals surface area contributed by atoms with Gasteiger partial charge in [0, 0.05) is 11.3 Å². The zero-order chi connectivity index (χ0) is 18.8. The van der Waals surface area contributed by atoms with Crippen molar-refractivity contribution in [1.29, 1.82) is 0 Å². The molecule has 1 aliphatic rings. The third-order valence-corrected chi connectivity index (χ3v) is 5.00. The van der Waals surface area contributed by atoms with Crippen LogP contribution in [0.5, 0.6) is 0 Å². The van der Waals surface area contributed by atoms with Gasteiger partial charge >= 0.3 is 0 Å². The fourth-order valence-electron chi connectivity index (χ4n) is 3.96. The smallest absolute Gasteiger partial charge is 0.192 e. The molecule has 1 atom stereocenters. The number of hydrogen-bond donors (Lipinski definition) is 1. The predicted molar refractivity (Wildman–Crippen MR) is 108 cm³/mol. The molecule has 0 bridgehead atoms. The first-order valence-electron chi connectivity index (χ1n) is 9.67. The van der Waals surface area contributed by atoms with Gasteiger partial charge in [-0.05, 0) is 69.8 Å². The largest absolute Gasteiger partial charge is 0.340 e. The standard InChI is InChI=1S/C22H31N3O/c1-7-9-23-22-25(20-15(4)10-14(3)11-16(20)5)21-19(13-26-22)18(8-2)12-17(6)24-21/h10-12,22-23H,7-9,13H2,1-6H3. The molecular weight excluding hydrogens is 322 g/mol. The molecule has 2 heterocycles. The van der Waals surface area contributed by atoms with E-state index in [0.717, 1.165) is 30.9 Å². The third kappa shape index (κ3) is 3.49. The lowest BCUT2D eigenvalue weighted by atomic mass is 10.0. The molecule has 1 aliphatic heterocycles. The number of anilines is 2. The van der Waals surface area contributed by atoms with Crippen LogP contribution in [0, 0.1) is 27.7 Å². The highest BCUT2D eigenvalue weighted by Crippen LogP contribution is 2.39. The zero-order valence-electron chi connectivity index (χ0n) is 16.9. The fraction of sp³-hybridized carbons (Fsp3) is 0.500. The second-order valence-electron chi connectivity index (χ2n) is 7.31. The number of pyridine rings is 1. The molecule has 4 nitrogen and oxygen atoms in total. The first-order valence-corrected chi connectivity index (χ1v) is 9.67. The van der Waals surface area contributed by atoms with E-state index in [-0.39, 0.29) is 6.35 Å². The van der Waals surface area contributed by atoms with Gasteiger partial charge in [0.1, 0.15) is 5.82 Å². The minimum atomic E-state index is -0.193. The van der Waals surface area contributed by atoms with Gasteiger partial charge < -0.3 is 4.74 Å². The Kier molecular flexibility index (Phi) is 5.64. The molecule has 3 rings (SSSR count). The van der Waals surface area contributed by atoms with Gasteiger partial charge in [-0.2, -0.15) is 0 Å². The molecule has 0 spiro atoms. The molecule has 0 fully saturated rings. The van der Waals surface area contributed by atoms with Crippen LogP contribution in [0.1, 0.15) is 53.8 Å². The molecular formula is C22H31N3O. The first kappa shape index (κ1) is 18.9. The number of hydrogen-bond acceptors (Lipinski definition) is 4. The van der Waals surface area contributed by atoms with E-state index in [1.54, 1.807) is 0 Å². The van der Waals surface area contributed by atoms with Crippen LogP contribution < -0.4 is 10.2 Å². The lowest BCUT2D eigenvalue weighted by molar-refractivity contribution is 0.0121. The van der Waals surface area contributed by atoms with Crippen LogP contribution >= 0.6 is 0 Å². The van der Waals surface area contributed by atoms with E-state index < -0.39 is 0 Å². The normalized spacial score (nSPS) is 16.7. The lowest BCUT2D eigenvalue weighted by Gasteiger charge is -2.40. The number of ether oxygens (including phenoxy) is 1. The highest BCUT2D eigenvalue weighted by atomic mass is 16.5. The topological polar surface area (TPSA) is 37.4 Å². The average Bonchev–Trinajstić information content (AvgIpc) is 2.59. The summed E-state index contributed by atoms with van der Waals surface area (Å²) in [5.74, 6) is 1.04. The lowest BCUT2D eigenvalue weighted by Crippen LogP contribution is -2.49. The van der Waals surface area contributed by atoms with E-state index in [1.807, 2.05) is 0 Å². The maximum atomic E-state index is 6.27. The Balaban J connectivity index is 2.20. The minimum absolute atomic E-state index is 0.193. The van der Waals surface area contributed by atoms with E-state index in [9.17, 15) is 0 Å². The molecule has 140 valence electrons. The Morgan fingerprint density at radius 3 is 2.42 bits per heavy atom. The summed E-state index contributed by atoms with van der Waals surface area (Å²) in [6.07, 6.45) is 1.86. The van der Waals surface area contributed by atoms with Crippen molar-refractivity contribution < 1.29 is 4.74 Å². The van der Waals surface area contributed by atoms with Crippen LogP contribution in [0.4, 0.5) is 11.5 Å². The number of aromatic nitrogens is 1. The molecule has 0 amide bonds. The molecule has 1 aromatic heterocycles. The van der Waals surface area contributed by atoms with E-state index in [4.69, 9.17) is 9.72 Å². The van der Waals surface area contributed by atoms with Crippen LogP contribution in [-0.2, 0) is 17.8 Å². The van der Waals surface area contributed by atoms with Crippen molar-refractivity contribution in [2.45, 2.75) is 67.3 Å². The third-order valence-electron chi connectivity index (χ3n) is 5.00. The average molecular weight is 354 g/mol. The van der Waals surface area contributed by atoms with Gasteiger partial charge in [0.2, 0.25) is 0 Å². The number of nitrogens with one attached hydrogen (secondary N) is 1. The Morgan fingerprint density at radius 2 is 1.81 bits per heavy atom. The summed E-state index contributed by atoms with van der Waals surface area (Å²) < 4.78 is 6.27. The summed E-state index contributed by atoms with van der Waals surface area (Å²) in [7, 11) is 0. The molecule has 1 N–H and O–H groups in total. The molecule has 0 saturated carbocycles. The van der Waals surface area contributed by atoms with E-state index in [1.165, 1.54) is 33.5 Å². The summed E-state index contributed by atoms with van der Waals surface area (Å²) >= 11 is 0. The Morgan fingerprint density at radius 1 is 1.12 bits per heavy atom. The maximum absolute atomic E-state index is 6.27. The molecule has 2 aromatic rings. The highest BCUT2D eigenvalue weighted by Gasteiger charge is 2.32. The second kappa shape index (κ2) is 7.77. The molecule has 1 aromatic carbocycles. The number of benzene rings is 1. The molecule has 26 heavy (non-hydrogen) atoms. The number of fused-ring (bicyclic) bond motifs is 1. The number of nitrogens with zero attached hydrogens (tertiary/aromatic N) is 2. The van der Waals surface area contributed by atoms with E-state index >= 15 is 0 Å². The van der Waals surface area contributed by atoms with Gasteiger partial charge in [0.05, 0.1) is 12.3 Å². The maximum Gasteiger partial charge on any atom is 0.192 e. The predicted octanol–water partition coefficient (Wildman–Crippen LogP) is 4.83. The van der Waals surface area contributed by atoms with Crippen molar-refractivity contribution >= 4 is 11.5 Å². The van der Waals surface area contributed by atoms with Crippen molar-refractivity contribution in [2.24, 2.45) is 0 Å². The van der Waals surface area contributed by atoms with E-state index in [2.05, 4.69) is 70.0 Å². The van der Waals surface area contributed by atoms with Crippen LogP contribution in [0.2, 0.25) is 0 Å². The molecule has 0 radical (unpaired) electrons. The molecule has 4 heteroatoms. The van der Waals surface area contributed by atoms with Crippen molar-refractivity contribution in [1.82, 2.24) is 10.3 Å². The fourth-order valence-corrected chi connectivity index (χ4v) is 3.96. The Hall–Kier alpha value is -1.91. The van der Waals surface area contributed by atoms with Crippen molar-refractivity contribution in [3.8, 4) is 0 Å². The van der Waals surface area contributed by atoms with Crippen LogP contribution in [0.25, 0.3) is 0 Å². The van der Waals surface area contributed by atoms with Gasteiger partial charge in [-0.1, -0.05) is 31.5 Å². The van der Waals surface area contributed by atoms with Crippen molar-refractivity contribution in [3.05, 3.63) is 51.7 Å². The van der Waals surface area contributed by atoms with Crippen LogP contribution in [0.15, 0.2) is 18.2 Å². The van der Waals surface area contributed by atoms with Crippen LogP contribution in [0.3, 0.4) is 0 Å². The summed E-state index contributed by atoms with van der Waals surface area (Å²) in [5, 5.41) is 3.55. The van der Waals surface area contributed by atoms with E-state index in [0.29, 0.717) is 6.61 Å². The van der Waals surface area contributed by atoms with Gasteiger partial charge in [-0.3, -0.25) is 10.2 Å². The number of rotatable bonds is 5. The minimum Gasteiger partial charge on any atom is -0.340 e. The Bertz CT molecular complexity index is 777. The first-order chi connectivity index (χ1) is 12.5. The highest BCUT2D eigenvalue weighted by molar-refractivity contribution is 5.72. The summed E-state index contributed by atoms with van der Waals surface area (Å²) in [5.41, 5.74) is 8.59. The van der Waals surface area contributed by atoms with Gasteiger partial charge in [-0.25, -0.2) is 4.98 Å². The molecule has 1 unspecified atom stereocenters. The van der Waals surface area contributed by atoms with Crippen molar-refractivity contribution in [3.63, 3.8) is 0 Å². The summed E-state index contributed by atoms with van der Waals surface area (Å²) in [6.45, 7) is 14.5. The monoisotopic (exact) mass is 353 g/mol. The van der Waals surface area contributed by atoms with Crippen molar-refractivity contribution in [2.75, 3.05) is 11.4 Å². The molecule has 0 saturated heterocycles. The summed E-state index contributed by atoms with van der Waals surface area (Å²) in [6, 6.07) is 6.67. The van der Waals surface area contributed by atoms with Gasteiger partial charge in [0.15, 0.2) is 6.35 Å². The zero-order valence-corrected chi connectivity index (χ0v) is 16.9. The number of aryl methyl sites for hydroxylation is 5. The second-order valence-corrected chi connectivity index (χ2v) is 7.31. The summed E-state index contributed by atoms with van der Waals surface area (Å²) in [4.78, 5) is 7.22. The quantitative estimate of drug-likeness (QED) is 0.835. The SMILES string of the molecule is CCCNC1OCc2c(CC)cc(C)nc2N1c1c(C)cc(C)cc1C. The van der Waals surface area contributed by atoms with Crippen LogP contribution in [-0.4, -0.2) is 17.9 Å².